The zero-order chi connectivity index (χ0) is 22.0. The highest BCUT2D eigenvalue weighted by Gasteiger charge is 2.29. The first-order chi connectivity index (χ1) is 14.4. The predicted octanol–water partition coefficient (Wildman–Crippen LogP) is 3.54. The lowest BCUT2D eigenvalue weighted by Crippen LogP contribution is -2.42. The molecular weight excluding hydrogens is 400 g/mol. The van der Waals surface area contributed by atoms with Crippen LogP contribution in [-0.2, 0) is 21.2 Å². The summed E-state index contributed by atoms with van der Waals surface area (Å²) in [5, 5.41) is 2.83. The second kappa shape index (κ2) is 11.7. The van der Waals surface area contributed by atoms with Crippen LogP contribution < -0.4 is 10.1 Å². The summed E-state index contributed by atoms with van der Waals surface area (Å²) < 4.78 is 33.5. The minimum Gasteiger partial charge on any atom is -0.495 e. The van der Waals surface area contributed by atoms with Gasteiger partial charge in [0.15, 0.2) is 0 Å². The highest BCUT2D eigenvalue weighted by molar-refractivity contribution is 7.89. The van der Waals surface area contributed by atoms with E-state index in [1.54, 1.807) is 18.2 Å². The maximum absolute atomic E-state index is 13.5. The van der Waals surface area contributed by atoms with E-state index in [0.717, 1.165) is 30.4 Å². The van der Waals surface area contributed by atoms with Crippen molar-refractivity contribution in [1.82, 2.24) is 9.62 Å². The highest BCUT2D eigenvalue weighted by Crippen LogP contribution is 2.28. The molecule has 0 radical (unpaired) electrons. The number of benzene rings is 2. The molecule has 0 aromatic heterocycles. The maximum atomic E-state index is 13.5. The summed E-state index contributed by atoms with van der Waals surface area (Å²) in [7, 11) is -2.48. The van der Waals surface area contributed by atoms with Crippen LogP contribution in [0.2, 0.25) is 0 Å². The maximum Gasteiger partial charge on any atom is 0.247 e. The van der Waals surface area contributed by atoms with E-state index >= 15 is 0 Å². The average Bonchev–Trinajstić information content (AvgIpc) is 2.74. The van der Waals surface area contributed by atoms with Crippen molar-refractivity contribution in [2.75, 3.05) is 26.7 Å². The van der Waals surface area contributed by atoms with E-state index < -0.39 is 10.0 Å². The van der Waals surface area contributed by atoms with Crippen molar-refractivity contribution in [1.29, 1.82) is 0 Å². The van der Waals surface area contributed by atoms with E-state index in [-0.39, 0.29) is 29.6 Å². The number of unbranched alkanes of at least 4 members (excludes halogenated alkanes) is 2. The third-order valence-corrected chi connectivity index (χ3v) is 6.72. The van der Waals surface area contributed by atoms with Gasteiger partial charge in [-0.1, -0.05) is 56.2 Å². The Balaban J connectivity index is 2.24. The number of nitrogens with zero attached hydrogens (tertiary/aromatic N) is 1. The number of sulfonamides is 1. The number of amides is 1. The first-order valence-corrected chi connectivity index (χ1v) is 11.8. The van der Waals surface area contributed by atoms with Gasteiger partial charge < -0.3 is 10.1 Å². The standard InChI is InChI=1S/C23H32N2O4S/c1-4-5-9-15-24-23(26)18-25(16-14-20-10-7-6-8-11-20)30(27,28)22-17-19(2)12-13-21(22)29-3/h6-8,10-13,17H,4-5,9,14-16,18H2,1-3H3,(H,24,26). The van der Waals surface area contributed by atoms with Crippen molar-refractivity contribution in [2.45, 2.75) is 44.4 Å². The van der Waals surface area contributed by atoms with Gasteiger partial charge in [0.2, 0.25) is 15.9 Å². The molecule has 7 heteroatoms. The molecule has 1 N–H and O–H groups in total. The van der Waals surface area contributed by atoms with Crippen LogP contribution in [0.1, 0.15) is 37.3 Å². The van der Waals surface area contributed by atoms with Crippen molar-refractivity contribution in [3.63, 3.8) is 0 Å². The van der Waals surface area contributed by atoms with Gasteiger partial charge >= 0.3 is 0 Å². The molecule has 0 saturated heterocycles. The Hall–Kier alpha value is -2.38. The fourth-order valence-corrected chi connectivity index (χ4v) is 4.76. The smallest absolute Gasteiger partial charge is 0.247 e. The second-order valence-corrected chi connectivity index (χ2v) is 9.19. The third-order valence-electron chi connectivity index (χ3n) is 4.85. The molecule has 0 aliphatic rings. The van der Waals surface area contributed by atoms with E-state index in [0.29, 0.717) is 13.0 Å². The summed E-state index contributed by atoms with van der Waals surface area (Å²) in [5.41, 5.74) is 1.82. The van der Waals surface area contributed by atoms with Gasteiger partial charge in [-0.2, -0.15) is 4.31 Å². The van der Waals surface area contributed by atoms with Gasteiger partial charge in [0.1, 0.15) is 10.6 Å². The number of carbonyl (C=O) groups excluding carboxylic acids is 1. The lowest BCUT2D eigenvalue weighted by molar-refractivity contribution is -0.121. The average molecular weight is 433 g/mol. The van der Waals surface area contributed by atoms with Gasteiger partial charge in [-0.25, -0.2) is 8.42 Å². The summed E-state index contributed by atoms with van der Waals surface area (Å²) in [6.07, 6.45) is 3.47. The van der Waals surface area contributed by atoms with E-state index in [9.17, 15) is 13.2 Å². The zero-order valence-corrected chi connectivity index (χ0v) is 18.9. The molecule has 30 heavy (non-hydrogen) atoms. The van der Waals surface area contributed by atoms with Crippen LogP contribution in [-0.4, -0.2) is 45.4 Å². The normalized spacial score (nSPS) is 11.5. The molecule has 164 valence electrons. The van der Waals surface area contributed by atoms with Crippen LogP contribution in [0, 0.1) is 6.92 Å². The molecule has 0 spiro atoms. The molecule has 6 nitrogen and oxygen atoms in total. The fourth-order valence-electron chi connectivity index (χ4n) is 3.13. The van der Waals surface area contributed by atoms with Gasteiger partial charge in [0.05, 0.1) is 13.7 Å². The Morgan fingerprint density at radius 1 is 1.10 bits per heavy atom. The van der Waals surface area contributed by atoms with Crippen molar-refractivity contribution < 1.29 is 17.9 Å². The van der Waals surface area contributed by atoms with Crippen molar-refractivity contribution in [3.05, 3.63) is 59.7 Å². The first-order valence-electron chi connectivity index (χ1n) is 10.3. The SMILES string of the molecule is CCCCCNC(=O)CN(CCc1ccccc1)S(=O)(=O)c1cc(C)ccc1OC. The Bertz CT molecular complexity index is 914. The van der Waals surface area contributed by atoms with Crippen LogP contribution in [0.15, 0.2) is 53.4 Å². The van der Waals surface area contributed by atoms with E-state index in [4.69, 9.17) is 4.74 Å². The number of nitrogens with one attached hydrogen (secondary N) is 1. The molecule has 0 unspecified atom stereocenters. The lowest BCUT2D eigenvalue weighted by Gasteiger charge is -2.23. The van der Waals surface area contributed by atoms with Gasteiger partial charge in [0, 0.05) is 13.1 Å². The predicted molar refractivity (Wildman–Crippen MR) is 119 cm³/mol. The Kier molecular flexibility index (Phi) is 9.33. The molecule has 0 atom stereocenters. The molecule has 1 amide bonds. The zero-order valence-electron chi connectivity index (χ0n) is 18.1. The van der Waals surface area contributed by atoms with Crippen molar-refractivity contribution in [3.8, 4) is 5.75 Å². The van der Waals surface area contributed by atoms with E-state index in [1.807, 2.05) is 37.3 Å². The van der Waals surface area contributed by atoms with Crippen LogP contribution in [0.3, 0.4) is 0 Å². The Morgan fingerprint density at radius 3 is 2.50 bits per heavy atom. The lowest BCUT2D eigenvalue weighted by atomic mass is 10.1. The second-order valence-electron chi connectivity index (χ2n) is 7.29. The largest absolute Gasteiger partial charge is 0.495 e. The number of hydrogen-bond donors (Lipinski definition) is 1. The van der Waals surface area contributed by atoms with Crippen molar-refractivity contribution >= 4 is 15.9 Å². The van der Waals surface area contributed by atoms with Gasteiger partial charge in [0.25, 0.3) is 0 Å². The summed E-state index contributed by atoms with van der Waals surface area (Å²) in [5.74, 6) is -0.0250. The van der Waals surface area contributed by atoms with Crippen LogP contribution in [0.4, 0.5) is 0 Å². The number of hydrogen-bond acceptors (Lipinski definition) is 4. The topological polar surface area (TPSA) is 75.7 Å². The molecule has 0 aliphatic heterocycles. The van der Waals surface area contributed by atoms with Crippen LogP contribution in [0.25, 0.3) is 0 Å². The van der Waals surface area contributed by atoms with Crippen LogP contribution >= 0.6 is 0 Å². The summed E-state index contributed by atoms with van der Waals surface area (Å²) in [6, 6.07) is 14.7. The molecular formula is C23H32N2O4S. The quantitative estimate of drug-likeness (QED) is 0.521. The molecule has 0 heterocycles. The monoisotopic (exact) mass is 432 g/mol. The van der Waals surface area contributed by atoms with E-state index in [1.165, 1.54) is 11.4 Å². The molecule has 0 saturated carbocycles. The summed E-state index contributed by atoms with van der Waals surface area (Å²) >= 11 is 0. The molecule has 0 aliphatic carbocycles. The van der Waals surface area contributed by atoms with Gasteiger partial charge in [-0.15, -0.1) is 0 Å². The Morgan fingerprint density at radius 2 is 1.83 bits per heavy atom. The first kappa shape index (κ1) is 23.9. The van der Waals surface area contributed by atoms with Crippen LogP contribution in [0.5, 0.6) is 5.75 Å². The number of rotatable bonds is 12. The number of aryl methyl sites for hydroxylation is 1. The van der Waals surface area contributed by atoms with Gasteiger partial charge in [-0.05, 0) is 43.0 Å². The highest BCUT2D eigenvalue weighted by atomic mass is 32.2. The molecule has 2 aromatic carbocycles. The molecule has 0 bridgehead atoms. The summed E-state index contributed by atoms with van der Waals surface area (Å²) in [4.78, 5) is 12.6. The third kappa shape index (κ3) is 6.85. The summed E-state index contributed by atoms with van der Waals surface area (Å²) in [6.45, 7) is 4.44. The molecule has 2 rings (SSSR count). The molecule has 2 aromatic rings. The minimum atomic E-state index is -3.92. The number of ether oxygens (including phenoxy) is 1. The van der Waals surface area contributed by atoms with E-state index in [2.05, 4.69) is 12.2 Å². The van der Waals surface area contributed by atoms with Gasteiger partial charge in [-0.3, -0.25) is 4.79 Å². The van der Waals surface area contributed by atoms with Crippen molar-refractivity contribution in [2.24, 2.45) is 0 Å². The fraction of sp³-hybridized carbons (Fsp3) is 0.435. The molecule has 0 fully saturated rings. The minimum absolute atomic E-state index is 0.0804. The number of carbonyl (C=O) groups is 1. The number of methoxy groups -OCH3 is 1. The Labute approximate surface area is 180 Å².